The smallest absolute Gasteiger partial charge is 0.290 e. The Bertz CT molecular complexity index is 1100. The molecular weight excluding hydrogens is 484 g/mol. The molecule has 3 N–H and O–H groups in total. The molecule has 0 saturated carbocycles. The number of hydrogen-bond acceptors (Lipinski definition) is 9. The van der Waals surface area contributed by atoms with Crippen molar-refractivity contribution in [2.45, 2.75) is 56.5 Å². The number of carbonyl (C=O) groups is 4. The molecule has 1 saturated heterocycles. The summed E-state index contributed by atoms with van der Waals surface area (Å²) in [4.78, 5) is 51.8. The highest BCUT2D eigenvalue weighted by Gasteiger charge is 2.52. The van der Waals surface area contributed by atoms with Gasteiger partial charge in [0.1, 0.15) is 18.5 Å². The van der Waals surface area contributed by atoms with Crippen molar-refractivity contribution in [1.29, 1.82) is 0 Å². The van der Waals surface area contributed by atoms with Crippen LogP contribution in [-0.2, 0) is 19.1 Å². The third kappa shape index (κ3) is 5.11. The molecule has 0 spiro atoms. The number of rotatable bonds is 10. The van der Waals surface area contributed by atoms with Crippen LogP contribution in [0, 0.1) is 0 Å². The van der Waals surface area contributed by atoms with Gasteiger partial charge in [-0.1, -0.05) is 6.92 Å². The number of hydrogen-bond donors (Lipinski definition) is 3. The summed E-state index contributed by atoms with van der Waals surface area (Å²) in [6, 6.07) is 2.01. The SMILES string of the molecule is CCC(=O)C(=O)N(C[C@H]1CCCO1)[C@@H]1C=C(C(=O)NCCO)[C@@H]2c3cc(C=O)cc(OC)c3O[C@@H]2[C@H]1O. The number of ether oxygens (including phenoxy) is 3. The molecular formula is C26H32N2O9. The van der Waals surface area contributed by atoms with Gasteiger partial charge in [-0.2, -0.15) is 0 Å². The average Bonchev–Trinajstić information content (AvgIpc) is 3.57. The number of aliphatic hydroxyl groups excluding tert-OH is 2. The molecule has 0 bridgehead atoms. The number of aldehydes is 1. The number of ketones is 1. The molecule has 3 aliphatic rings. The van der Waals surface area contributed by atoms with E-state index in [4.69, 9.17) is 14.2 Å². The van der Waals surface area contributed by atoms with E-state index < -0.39 is 41.8 Å². The van der Waals surface area contributed by atoms with Gasteiger partial charge in [0, 0.05) is 42.8 Å². The van der Waals surface area contributed by atoms with E-state index in [0.29, 0.717) is 30.4 Å². The largest absolute Gasteiger partial charge is 0.493 e. The fourth-order valence-corrected chi connectivity index (χ4v) is 5.22. The number of aliphatic hydroxyl groups is 2. The molecule has 0 radical (unpaired) electrons. The second kappa shape index (κ2) is 11.4. The Morgan fingerprint density at radius 1 is 1.30 bits per heavy atom. The number of methoxy groups -OCH3 is 1. The van der Waals surface area contributed by atoms with Crippen LogP contribution in [0.1, 0.15) is 48.0 Å². The Kier molecular flexibility index (Phi) is 8.25. The number of amides is 2. The maximum atomic E-state index is 13.3. The number of nitrogens with zero attached hydrogens (tertiary/aromatic N) is 1. The van der Waals surface area contributed by atoms with Crippen molar-refractivity contribution in [1.82, 2.24) is 10.2 Å². The Hall–Kier alpha value is -3.28. The summed E-state index contributed by atoms with van der Waals surface area (Å²) in [5, 5.41) is 23.4. The number of nitrogens with one attached hydrogen (secondary N) is 1. The zero-order chi connectivity index (χ0) is 26.7. The normalized spacial score (nSPS) is 25.8. The van der Waals surface area contributed by atoms with E-state index in [1.54, 1.807) is 13.0 Å². The van der Waals surface area contributed by atoms with Gasteiger partial charge in [0.05, 0.1) is 31.8 Å². The molecule has 0 aromatic heterocycles. The highest BCUT2D eigenvalue weighted by molar-refractivity contribution is 6.36. The standard InChI is InChI=1S/C26H32N2O9/c1-3-19(31)26(34)28(12-15-5-4-8-36-15)18-11-17(25(33)27-6-7-29)21-16-9-14(13-30)10-20(35-2)23(16)37-24(21)22(18)32/h9-11,13,15,18,21-22,24,29,32H,3-8,12H2,1-2H3,(H,27,33)/t15-,18-,21+,22+,24+/m1/s1. The van der Waals surface area contributed by atoms with Gasteiger partial charge in [-0.25, -0.2) is 0 Å². The first-order valence-corrected chi connectivity index (χ1v) is 12.4. The Balaban J connectivity index is 1.81. The second-order valence-electron chi connectivity index (χ2n) is 9.27. The first-order chi connectivity index (χ1) is 17.8. The lowest BCUT2D eigenvalue weighted by molar-refractivity contribution is -0.149. The molecule has 2 amide bonds. The molecule has 1 fully saturated rings. The van der Waals surface area contributed by atoms with Crippen molar-refractivity contribution in [3.63, 3.8) is 0 Å². The summed E-state index contributed by atoms with van der Waals surface area (Å²) in [6.07, 6.45) is 0.984. The number of carbonyl (C=O) groups excluding carboxylic acids is 4. The minimum atomic E-state index is -1.31. The van der Waals surface area contributed by atoms with E-state index in [2.05, 4.69) is 5.32 Å². The zero-order valence-corrected chi connectivity index (χ0v) is 20.8. The molecule has 2 heterocycles. The summed E-state index contributed by atoms with van der Waals surface area (Å²) < 4.78 is 17.2. The van der Waals surface area contributed by atoms with Crippen LogP contribution in [-0.4, -0.2) is 96.8 Å². The van der Waals surface area contributed by atoms with Gasteiger partial charge in [-0.05, 0) is 31.1 Å². The van der Waals surface area contributed by atoms with Crippen LogP contribution < -0.4 is 14.8 Å². The monoisotopic (exact) mass is 516 g/mol. The summed E-state index contributed by atoms with van der Waals surface area (Å²) in [5.74, 6) is -2.16. The topological polar surface area (TPSA) is 152 Å². The van der Waals surface area contributed by atoms with Crippen LogP contribution in [0.4, 0.5) is 0 Å². The van der Waals surface area contributed by atoms with Crippen molar-refractivity contribution in [2.75, 3.05) is 33.4 Å². The van der Waals surface area contributed by atoms with Gasteiger partial charge in [-0.15, -0.1) is 0 Å². The molecule has 11 heteroatoms. The van der Waals surface area contributed by atoms with Crippen molar-refractivity contribution < 1.29 is 43.6 Å². The average molecular weight is 517 g/mol. The van der Waals surface area contributed by atoms with Crippen molar-refractivity contribution in [3.05, 3.63) is 34.9 Å². The van der Waals surface area contributed by atoms with Crippen molar-refractivity contribution >= 4 is 23.9 Å². The van der Waals surface area contributed by atoms with Gasteiger partial charge in [0.2, 0.25) is 11.7 Å². The summed E-state index contributed by atoms with van der Waals surface area (Å²) in [6.45, 7) is 1.88. The van der Waals surface area contributed by atoms with Crippen LogP contribution in [0.25, 0.3) is 0 Å². The quantitative estimate of drug-likeness (QED) is 0.291. The van der Waals surface area contributed by atoms with E-state index in [1.807, 2.05) is 0 Å². The first kappa shape index (κ1) is 26.8. The highest BCUT2D eigenvalue weighted by atomic mass is 16.5. The predicted octanol–water partition coefficient (Wildman–Crippen LogP) is 0.117. The molecule has 200 valence electrons. The van der Waals surface area contributed by atoms with E-state index in [1.165, 1.54) is 24.2 Å². The molecule has 0 unspecified atom stereocenters. The second-order valence-corrected chi connectivity index (χ2v) is 9.27. The molecule has 1 aliphatic carbocycles. The lowest BCUT2D eigenvalue weighted by Crippen LogP contribution is -2.58. The maximum absolute atomic E-state index is 13.3. The van der Waals surface area contributed by atoms with Gasteiger partial charge in [0.15, 0.2) is 11.5 Å². The molecule has 1 aromatic carbocycles. The predicted molar refractivity (Wildman–Crippen MR) is 129 cm³/mol. The summed E-state index contributed by atoms with van der Waals surface area (Å²) in [7, 11) is 1.41. The Morgan fingerprint density at radius 2 is 2.08 bits per heavy atom. The van der Waals surface area contributed by atoms with Gasteiger partial charge >= 0.3 is 0 Å². The highest BCUT2D eigenvalue weighted by Crippen LogP contribution is 2.51. The molecule has 11 nitrogen and oxygen atoms in total. The molecule has 2 aliphatic heterocycles. The first-order valence-electron chi connectivity index (χ1n) is 12.4. The minimum absolute atomic E-state index is 0.0148. The van der Waals surface area contributed by atoms with Crippen LogP contribution in [0.5, 0.6) is 11.5 Å². The van der Waals surface area contributed by atoms with Gasteiger partial charge < -0.3 is 34.6 Å². The fraction of sp³-hybridized carbons (Fsp3) is 0.538. The Morgan fingerprint density at radius 3 is 2.70 bits per heavy atom. The Labute approximate surface area is 214 Å². The lowest BCUT2D eigenvalue weighted by atomic mass is 9.77. The fourth-order valence-electron chi connectivity index (χ4n) is 5.22. The van der Waals surface area contributed by atoms with E-state index in [0.717, 1.165) is 6.42 Å². The van der Waals surface area contributed by atoms with E-state index >= 15 is 0 Å². The van der Waals surface area contributed by atoms with E-state index in [9.17, 15) is 29.4 Å². The molecule has 4 rings (SSSR count). The van der Waals surface area contributed by atoms with Crippen LogP contribution in [0.2, 0.25) is 0 Å². The number of benzene rings is 1. The molecule has 37 heavy (non-hydrogen) atoms. The maximum Gasteiger partial charge on any atom is 0.290 e. The van der Waals surface area contributed by atoms with Gasteiger partial charge in [0.25, 0.3) is 5.91 Å². The third-order valence-corrected chi connectivity index (χ3v) is 7.02. The lowest BCUT2D eigenvalue weighted by Gasteiger charge is -2.41. The molecule has 1 aromatic rings. The van der Waals surface area contributed by atoms with E-state index in [-0.39, 0.29) is 49.3 Å². The van der Waals surface area contributed by atoms with Crippen molar-refractivity contribution in [3.8, 4) is 11.5 Å². The summed E-state index contributed by atoms with van der Waals surface area (Å²) >= 11 is 0. The van der Waals surface area contributed by atoms with Crippen LogP contribution in [0.15, 0.2) is 23.8 Å². The number of Topliss-reactive ketones (excluding diaryl/α,β-unsaturated/α-hetero) is 1. The third-order valence-electron chi connectivity index (χ3n) is 7.02. The summed E-state index contributed by atoms with van der Waals surface area (Å²) in [5.41, 5.74) is 0.970. The molecule has 5 atom stereocenters. The minimum Gasteiger partial charge on any atom is -0.493 e. The van der Waals surface area contributed by atoms with Crippen LogP contribution in [0.3, 0.4) is 0 Å². The number of fused-ring (bicyclic) bond motifs is 3. The van der Waals surface area contributed by atoms with Crippen LogP contribution >= 0.6 is 0 Å². The zero-order valence-electron chi connectivity index (χ0n) is 20.8. The van der Waals surface area contributed by atoms with Gasteiger partial charge in [-0.3, -0.25) is 19.2 Å². The van der Waals surface area contributed by atoms with Crippen molar-refractivity contribution in [2.24, 2.45) is 0 Å².